The van der Waals surface area contributed by atoms with Gasteiger partial charge in [-0.2, -0.15) is 0 Å². The molecule has 7 heteroatoms. The summed E-state index contributed by atoms with van der Waals surface area (Å²) in [5, 5.41) is 6.26. The molecule has 1 aromatic heterocycles. The quantitative estimate of drug-likeness (QED) is 0.866. The molecule has 6 nitrogen and oxygen atoms in total. The number of hydrogen-bond acceptors (Lipinski definition) is 5. The maximum absolute atomic E-state index is 12.6. The average molecular weight is 336 g/mol. The van der Waals surface area contributed by atoms with E-state index in [-0.39, 0.29) is 17.9 Å². The molecule has 0 aromatic carbocycles. The predicted octanol–water partition coefficient (Wildman–Crippen LogP) is 1.17. The van der Waals surface area contributed by atoms with Crippen molar-refractivity contribution in [3.05, 3.63) is 16.1 Å². The van der Waals surface area contributed by atoms with Crippen LogP contribution in [0.25, 0.3) is 0 Å². The number of nitrogens with zero attached hydrogens (tertiary/aromatic N) is 2. The van der Waals surface area contributed by atoms with E-state index in [1.165, 1.54) is 11.3 Å². The van der Waals surface area contributed by atoms with Gasteiger partial charge < -0.3 is 15.5 Å². The van der Waals surface area contributed by atoms with Gasteiger partial charge in [0.05, 0.1) is 17.2 Å². The van der Waals surface area contributed by atoms with Crippen LogP contribution in [0.2, 0.25) is 0 Å². The molecule has 2 atom stereocenters. The van der Waals surface area contributed by atoms with E-state index >= 15 is 0 Å². The van der Waals surface area contributed by atoms with Crippen LogP contribution in [0.1, 0.15) is 41.0 Å². The van der Waals surface area contributed by atoms with E-state index in [9.17, 15) is 9.59 Å². The van der Waals surface area contributed by atoms with E-state index < -0.39 is 0 Å². The number of carbonyl (C=O) groups is 2. The first-order valence-corrected chi connectivity index (χ1v) is 9.23. The first kappa shape index (κ1) is 16.4. The van der Waals surface area contributed by atoms with Crippen molar-refractivity contribution in [2.24, 2.45) is 5.92 Å². The summed E-state index contributed by atoms with van der Waals surface area (Å²) in [4.78, 5) is 31.5. The van der Waals surface area contributed by atoms with E-state index in [4.69, 9.17) is 0 Å². The molecule has 2 aliphatic heterocycles. The van der Waals surface area contributed by atoms with E-state index in [1.807, 2.05) is 11.8 Å². The van der Waals surface area contributed by atoms with Crippen LogP contribution in [0.3, 0.4) is 0 Å². The Hall–Kier alpha value is -1.47. The molecular weight excluding hydrogens is 312 g/mol. The maximum atomic E-state index is 12.6. The van der Waals surface area contributed by atoms with Crippen molar-refractivity contribution in [3.8, 4) is 0 Å². The first-order chi connectivity index (χ1) is 11.1. The summed E-state index contributed by atoms with van der Waals surface area (Å²) in [6, 6.07) is -0.0313. The molecule has 0 bridgehead atoms. The second-order valence-corrected chi connectivity index (χ2v) is 7.28. The number of aromatic nitrogens is 1. The van der Waals surface area contributed by atoms with Gasteiger partial charge in [-0.05, 0) is 45.1 Å². The topological polar surface area (TPSA) is 74.3 Å². The van der Waals surface area contributed by atoms with Gasteiger partial charge in [0.15, 0.2) is 0 Å². The number of likely N-dealkylation sites (tertiary alicyclic amines) is 1. The van der Waals surface area contributed by atoms with E-state index in [0.29, 0.717) is 19.0 Å². The molecule has 2 N–H and O–H groups in total. The molecule has 2 fully saturated rings. The van der Waals surface area contributed by atoms with Gasteiger partial charge in [-0.1, -0.05) is 0 Å². The normalized spacial score (nSPS) is 24.7. The zero-order valence-corrected chi connectivity index (χ0v) is 14.3. The Morgan fingerprint density at radius 3 is 3.00 bits per heavy atom. The second-order valence-electron chi connectivity index (χ2n) is 6.42. The van der Waals surface area contributed by atoms with Crippen LogP contribution in [0.15, 0.2) is 5.51 Å². The van der Waals surface area contributed by atoms with E-state index in [2.05, 4.69) is 15.6 Å². The Labute approximate surface area is 140 Å². The maximum Gasteiger partial charge on any atom is 0.265 e. The van der Waals surface area contributed by atoms with E-state index in [1.54, 1.807) is 5.51 Å². The molecule has 0 saturated carbocycles. The minimum atomic E-state index is -0.0313. The van der Waals surface area contributed by atoms with Crippen molar-refractivity contribution in [2.45, 2.75) is 38.6 Å². The van der Waals surface area contributed by atoms with Gasteiger partial charge in [0.1, 0.15) is 4.88 Å². The molecule has 0 unspecified atom stereocenters. The summed E-state index contributed by atoms with van der Waals surface area (Å²) in [6.45, 7) is 4.97. The molecule has 0 radical (unpaired) electrons. The molecule has 2 saturated heterocycles. The van der Waals surface area contributed by atoms with Gasteiger partial charge in [-0.3, -0.25) is 9.59 Å². The summed E-state index contributed by atoms with van der Waals surface area (Å²) in [7, 11) is 0. The highest BCUT2D eigenvalue weighted by molar-refractivity contribution is 7.11. The van der Waals surface area contributed by atoms with Gasteiger partial charge in [0, 0.05) is 19.6 Å². The Morgan fingerprint density at radius 1 is 1.43 bits per heavy atom. The number of hydrogen-bond donors (Lipinski definition) is 2. The van der Waals surface area contributed by atoms with Gasteiger partial charge in [0.25, 0.3) is 5.91 Å². The first-order valence-electron chi connectivity index (χ1n) is 8.35. The summed E-state index contributed by atoms with van der Waals surface area (Å²) in [6.07, 6.45) is 4.04. The molecule has 3 heterocycles. The summed E-state index contributed by atoms with van der Waals surface area (Å²) in [5.74, 6) is 0.522. The van der Waals surface area contributed by atoms with Crippen LogP contribution >= 0.6 is 11.3 Å². The minimum absolute atomic E-state index is 0.0313. The van der Waals surface area contributed by atoms with Gasteiger partial charge in [0.2, 0.25) is 5.91 Å². The summed E-state index contributed by atoms with van der Waals surface area (Å²) < 4.78 is 0. The third kappa shape index (κ3) is 3.90. The number of carbonyl (C=O) groups excluding carboxylic acids is 2. The number of nitrogens with one attached hydrogen (secondary N) is 2. The zero-order chi connectivity index (χ0) is 16.2. The largest absolute Gasteiger partial charge is 0.354 e. The minimum Gasteiger partial charge on any atom is -0.354 e. The predicted molar refractivity (Wildman–Crippen MR) is 89.5 cm³/mol. The van der Waals surface area contributed by atoms with Crippen molar-refractivity contribution in [1.29, 1.82) is 0 Å². The Morgan fingerprint density at radius 2 is 2.30 bits per heavy atom. The molecule has 2 aliphatic rings. The second kappa shape index (κ2) is 7.40. The third-order valence-corrected chi connectivity index (χ3v) is 5.60. The standard InChI is InChI=1S/C16H24N4O2S/c1-11-14(23-10-19-11)16(22)20-7-3-4-12(9-20)8-18-15(21)13-5-2-6-17-13/h10,12-13,17H,2-9H2,1H3,(H,18,21)/t12-,13+/m1/s1. The highest BCUT2D eigenvalue weighted by Gasteiger charge is 2.28. The zero-order valence-electron chi connectivity index (χ0n) is 13.5. The van der Waals surface area contributed by atoms with Gasteiger partial charge >= 0.3 is 0 Å². The molecule has 2 amide bonds. The van der Waals surface area contributed by atoms with Crippen LogP contribution in [0, 0.1) is 12.8 Å². The highest BCUT2D eigenvalue weighted by atomic mass is 32.1. The number of amides is 2. The fraction of sp³-hybridized carbons (Fsp3) is 0.688. The summed E-state index contributed by atoms with van der Waals surface area (Å²) in [5.41, 5.74) is 2.53. The molecule has 126 valence electrons. The molecule has 3 rings (SSSR count). The smallest absolute Gasteiger partial charge is 0.265 e. The third-order valence-electron chi connectivity index (χ3n) is 4.69. The number of piperidine rings is 1. The molecular formula is C16H24N4O2S. The molecule has 23 heavy (non-hydrogen) atoms. The lowest BCUT2D eigenvalue weighted by Gasteiger charge is -2.32. The lowest BCUT2D eigenvalue weighted by molar-refractivity contribution is -0.123. The Bertz CT molecular complexity index is 568. The fourth-order valence-electron chi connectivity index (χ4n) is 3.34. The van der Waals surface area contributed by atoms with Crippen LogP contribution in [-0.4, -0.2) is 53.9 Å². The molecule has 1 aromatic rings. The molecule has 0 aliphatic carbocycles. The van der Waals surface area contributed by atoms with Crippen molar-refractivity contribution < 1.29 is 9.59 Å². The fourth-order valence-corrected chi connectivity index (χ4v) is 4.11. The number of rotatable bonds is 4. The monoisotopic (exact) mass is 336 g/mol. The number of aryl methyl sites for hydroxylation is 1. The number of thiazole rings is 1. The van der Waals surface area contributed by atoms with E-state index in [0.717, 1.165) is 49.3 Å². The van der Waals surface area contributed by atoms with Gasteiger partial charge in [-0.15, -0.1) is 11.3 Å². The van der Waals surface area contributed by atoms with Crippen molar-refractivity contribution in [1.82, 2.24) is 20.5 Å². The Balaban J connectivity index is 1.51. The van der Waals surface area contributed by atoms with Crippen LogP contribution < -0.4 is 10.6 Å². The SMILES string of the molecule is Cc1ncsc1C(=O)N1CCC[C@H](CNC(=O)[C@@H]2CCCN2)C1. The van der Waals surface area contributed by atoms with Crippen molar-refractivity contribution >= 4 is 23.2 Å². The van der Waals surface area contributed by atoms with Crippen LogP contribution in [-0.2, 0) is 4.79 Å². The summed E-state index contributed by atoms with van der Waals surface area (Å²) >= 11 is 1.41. The lowest BCUT2D eigenvalue weighted by atomic mass is 9.97. The van der Waals surface area contributed by atoms with Crippen LogP contribution in [0.5, 0.6) is 0 Å². The van der Waals surface area contributed by atoms with Crippen molar-refractivity contribution in [3.63, 3.8) is 0 Å². The van der Waals surface area contributed by atoms with Gasteiger partial charge in [-0.25, -0.2) is 4.98 Å². The highest BCUT2D eigenvalue weighted by Crippen LogP contribution is 2.21. The Kier molecular flexibility index (Phi) is 5.27. The average Bonchev–Trinajstić information content (AvgIpc) is 3.23. The lowest BCUT2D eigenvalue weighted by Crippen LogP contribution is -2.46. The van der Waals surface area contributed by atoms with Crippen molar-refractivity contribution in [2.75, 3.05) is 26.2 Å². The van der Waals surface area contributed by atoms with Crippen LogP contribution in [0.4, 0.5) is 0 Å². The molecule has 0 spiro atoms.